The highest BCUT2D eigenvalue weighted by molar-refractivity contribution is 5.69. The summed E-state index contributed by atoms with van der Waals surface area (Å²) in [5.41, 5.74) is 6.75. The standard InChI is InChI=1S/C19H13F3N8/c1-9(28-19-13(5-23)18(24)26-8-27-19)16-17(10-2-11(20)4-12(21)3-10)30-7-14(22)25-6-15(30)29-16/h2-4,6-9H,1H3,(H3,24,26,27,28)/t9-/m0/s1. The van der Waals surface area contributed by atoms with Crippen LogP contribution in [0.5, 0.6) is 0 Å². The quantitative estimate of drug-likeness (QED) is 0.530. The fraction of sp³-hybridized carbons (Fsp3) is 0.105. The van der Waals surface area contributed by atoms with Crippen LogP contribution in [-0.4, -0.2) is 24.3 Å². The SMILES string of the molecule is C[C@H](Nc1ncnc(N)c1C#N)c1nc2cnc(F)cn2c1-c1cc(F)cc(F)c1. The summed E-state index contributed by atoms with van der Waals surface area (Å²) in [6, 6.07) is 4.27. The van der Waals surface area contributed by atoms with E-state index in [2.05, 4.69) is 25.3 Å². The van der Waals surface area contributed by atoms with Gasteiger partial charge in [0.2, 0.25) is 5.95 Å². The van der Waals surface area contributed by atoms with Crippen LogP contribution in [-0.2, 0) is 0 Å². The summed E-state index contributed by atoms with van der Waals surface area (Å²) in [6.45, 7) is 1.70. The van der Waals surface area contributed by atoms with Crippen molar-refractivity contribution in [3.63, 3.8) is 0 Å². The molecule has 3 N–H and O–H groups in total. The Balaban J connectivity index is 1.89. The van der Waals surface area contributed by atoms with Crippen LogP contribution < -0.4 is 11.1 Å². The molecular formula is C19H13F3N8. The van der Waals surface area contributed by atoms with Crippen molar-refractivity contribution in [1.29, 1.82) is 5.26 Å². The maximum absolute atomic E-state index is 13.9. The molecule has 0 bridgehead atoms. The van der Waals surface area contributed by atoms with Gasteiger partial charge in [0.25, 0.3) is 0 Å². The largest absolute Gasteiger partial charge is 0.382 e. The van der Waals surface area contributed by atoms with E-state index in [4.69, 9.17) is 5.73 Å². The third kappa shape index (κ3) is 3.35. The molecule has 0 aliphatic rings. The molecular weight excluding hydrogens is 397 g/mol. The molecule has 0 radical (unpaired) electrons. The Morgan fingerprint density at radius 3 is 2.57 bits per heavy atom. The zero-order chi connectivity index (χ0) is 21.4. The minimum atomic E-state index is -0.795. The summed E-state index contributed by atoms with van der Waals surface area (Å²) in [7, 11) is 0. The summed E-state index contributed by atoms with van der Waals surface area (Å²) >= 11 is 0. The molecule has 0 aliphatic carbocycles. The summed E-state index contributed by atoms with van der Waals surface area (Å²) in [5, 5.41) is 12.3. The second kappa shape index (κ2) is 7.32. The van der Waals surface area contributed by atoms with Crippen LogP contribution in [0.3, 0.4) is 0 Å². The minimum Gasteiger partial charge on any atom is -0.382 e. The Morgan fingerprint density at radius 1 is 1.13 bits per heavy atom. The topological polar surface area (TPSA) is 118 Å². The molecule has 150 valence electrons. The fourth-order valence-electron chi connectivity index (χ4n) is 3.12. The van der Waals surface area contributed by atoms with E-state index < -0.39 is 23.6 Å². The van der Waals surface area contributed by atoms with E-state index in [0.29, 0.717) is 5.69 Å². The molecule has 11 heteroatoms. The molecule has 0 saturated carbocycles. The summed E-state index contributed by atoms with van der Waals surface area (Å²) < 4.78 is 42.9. The molecule has 0 saturated heterocycles. The fourth-order valence-corrected chi connectivity index (χ4v) is 3.12. The molecule has 30 heavy (non-hydrogen) atoms. The Hall–Kier alpha value is -4.20. The molecule has 0 fully saturated rings. The molecule has 0 spiro atoms. The van der Waals surface area contributed by atoms with Crippen molar-refractivity contribution < 1.29 is 13.2 Å². The van der Waals surface area contributed by atoms with Gasteiger partial charge in [-0.05, 0) is 19.1 Å². The van der Waals surface area contributed by atoms with Crippen LogP contribution in [0.4, 0.5) is 24.8 Å². The first-order valence-corrected chi connectivity index (χ1v) is 8.64. The molecule has 0 aliphatic heterocycles. The van der Waals surface area contributed by atoms with Crippen molar-refractivity contribution in [1.82, 2.24) is 24.3 Å². The number of benzene rings is 1. The van der Waals surface area contributed by atoms with Crippen molar-refractivity contribution in [3.8, 4) is 17.3 Å². The van der Waals surface area contributed by atoms with E-state index in [-0.39, 0.29) is 34.1 Å². The van der Waals surface area contributed by atoms with Gasteiger partial charge in [0.1, 0.15) is 41.2 Å². The molecule has 4 rings (SSSR count). The molecule has 1 aromatic carbocycles. The Labute approximate surface area is 167 Å². The number of nitrogen functional groups attached to an aromatic ring is 1. The molecule has 3 heterocycles. The highest BCUT2D eigenvalue weighted by Gasteiger charge is 2.22. The lowest BCUT2D eigenvalue weighted by molar-refractivity contribution is 0.575. The van der Waals surface area contributed by atoms with Crippen molar-refractivity contribution in [2.45, 2.75) is 13.0 Å². The summed E-state index contributed by atoms with van der Waals surface area (Å²) in [6.07, 6.45) is 3.46. The van der Waals surface area contributed by atoms with Gasteiger partial charge in [0.15, 0.2) is 5.65 Å². The van der Waals surface area contributed by atoms with E-state index in [1.165, 1.54) is 16.9 Å². The van der Waals surface area contributed by atoms with Crippen LogP contribution in [0.25, 0.3) is 16.9 Å². The van der Waals surface area contributed by atoms with Gasteiger partial charge in [-0.15, -0.1) is 0 Å². The molecule has 8 nitrogen and oxygen atoms in total. The minimum absolute atomic E-state index is 0.00380. The summed E-state index contributed by atoms with van der Waals surface area (Å²) in [5.74, 6) is -2.22. The normalized spacial score (nSPS) is 12.0. The number of nitrogens with two attached hydrogens (primary N) is 1. The number of nitrogens with one attached hydrogen (secondary N) is 1. The van der Waals surface area contributed by atoms with Crippen LogP contribution in [0.15, 0.2) is 36.9 Å². The summed E-state index contributed by atoms with van der Waals surface area (Å²) in [4.78, 5) is 15.8. The molecule has 0 unspecified atom stereocenters. The molecule has 0 amide bonds. The average Bonchev–Trinajstić information content (AvgIpc) is 3.06. The van der Waals surface area contributed by atoms with E-state index in [1.54, 1.807) is 6.92 Å². The first kappa shape index (κ1) is 19.1. The first-order chi connectivity index (χ1) is 14.4. The number of hydrogen-bond acceptors (Lipinski definition) is 7. The lowest BCUT2D eigenvalue weighted by Gasteiger charge is -2.16. The van der Waals surface area contributed by atoms with E-state index in [1.807, 2.05) is 6.07 Å². The van der Waals surface area contributed by atoms with Gasteiger partial charge in [-0.25, -0.2) is 28.7 Å². The van der Waals surface area contributed by atoms with Crippen molar-refractivity contribution in [2.75, 3.05) is 11.1 Å². The second-order valence-corrected chi connectivity index (χ2v) is 6.40. The number of rotatable bonds is 4. The predicted molar refractivity (Wildman–Crippen MR) is 101 cm³/mol. The van der Waals surface area contributed by atoms with E-state index >= 15 is 0 Å². The Kier molecular flexibility index (Phi) is 4.67. The lowest BCUT2D eigenvalue weighted by atomic mass is 10.1. The van der Waals surface area contributed by atoms with Gasteiger partial charge < -0.3 is 11.1 Å². The number of anilines is 2. The highest BCUT2D eigenvalue weighted by atomic mass is 19.1. The number of aromatic nitrogens is 5. The molecule has 4 aromatic rings. The number of nitrogens with zero attached hydrogens (tertiary/aromatic N) is 6. The van der Waals surface area contributed by atoms with Gasteiger partial charge >= 0.3 is 0 Å². The lowest BCUT2D eigenvalue weighted by Crippen LogP contribution is -2.12. The van der Waals surface area contributed by atoms with Crippen LogP contribution in [0.2, 0.25) is 0 Å². The zero-order valence-electron chi connectivity index (χ0n) is 15.4. The van der Waals surface area contributed by atoms with Gasteiger partial charge in [-0.2, -0.15) is 9.65 Å². The number of halogens is 3. The van der Waals surface area contributed by atoms with Gasteiger partial charge in [0.05, 0.1) is 29.8 Å². The van der Waals surface area contributed by atoms with E-state index in [0.717, 1.165) is 24.4 Å². The highest BCUT2D eigenvalue weighted by Crippen LogP contribution is 2.32. The average molecular weight is 410 g/mol. The maximum Gasteiger partial charge on any atom is 0.229 e. The van der Waals surface area contributed by atoms with Crippen LogP contribution in [0, 0.1) is 28.9 Å². The van der Waals surface area contributed by atoms with Gasteiger partial charge in [-0.1, -0.05) is 0 Å². The number of fused-ring (bicyclic) bond motifs is 1. The number of hydrogen-bond donors (Lipinski definition) is 2. The molecule has 3 aromatic heterocycles. The zero-order valence-corrected chi connectivity index (χ0v) is 15.4. The van der Waals surface area contributed by atoms with Crippen molar-refractivity contribution in [3.05, 3.63) is 65.8 Å². The van der Waals surface area contributed by atoms with Gasteiger partial charge in [-0.3, -0.25) is 4.40 Å². The monoisotopic (exact) mass is 410 g/mol. The Bertz CT molecular complexity index is 1290. The number of imidazole rings is 1. The molecule has 1 atom stereocenters. The third-order valence-electron chi connectivity index (χ3n) is 4.39. The van der Waals surface area contributed by atoms with Gasteiger partial charge in [0, 0.05) is 11.6 Å². The third-order valence-corrected chi connectivity index (χ3v) is 4.39. The maximum atomic E-state index is 13.9. The second-order valence-electron chi connectivity index (χ2n) is 6.40. The smallest absolute Gasteiger partial charge is 0.229 e. The first-order valence-electron chi connectivity index (χ1n) is 8.64. The van der Waals surface area contributed by atoms with Crippen LogP contribution >= 0.6 is 0 Å². The van der Waals surface area contributed by atoms with Crippen molar-refractivity contribution >= 4 is 17.3 Å². The van der Waals surface area contributed by atoms with Crippen LogP contribution in [0.1, 0.15) is 24.2 Å². The van der Waals surface area contributed by atoms with Crippen molar-refractivity contribution in [2.24, 2.45) is 0 Å². The predicted octanol–water partition coefficient (Wildman–Crippen LogP) is 3.23. The number of nitriles is 1. The van der Waals surface area contributed by atoms with E-state index in [9.17, 15) is 18.4 Å². The Morgan fingerprint density at radius 2 is 1.87 bits per heavy atom.